The molecule has 1 spiro atoms. The second-order valence-corrected chi connectivity index (χ2v) is 12.1. The molecule has 35 heavy (non-hydrogen) atoms. The van der Waals surface area contributed by atoms with E-state index in [-0.39, 0.29) is 18.1 Å². The number of ether oxygens (including phenoxy) is 3. The van der Waals surface area contributed by atoms with Crippen molar-refractivity contribution in [2.24, 2.45) is 23.7 Å². The number of hydrogen-bond donors (Lipinski definition) is 3. The van der Waals surface area contributed by atoms with Gasteiger partial charge in [-0.1, -0.05) is 13.8 Å². The summed E-state index contributed by atoms with van der Waals surface area (Å²) in [7, 11) is 0. The summed E-state index contributed by atoms with van der Waals surface area (Å²) in [6, 6.07) is 0. The van der Waals surface area contributed by atoms with Crippen LogP contribution in [-0.4, -0.2) is 106 Å². The van der Waals surface area contributed by atoms with Gasteiger partial charge in [-0.25, -0.2) is 9.78 Å². The smallest absolute Gasteiger partial charge is 0.201 e. The number of piperazine rings is 1. The van der Waals surface area contributed by atoms with Gasteiger partial charge in [-0.2, -0.15) is 0 Å². The number of aliphatic hydroxyl groups excluding tert-OH is 3. The largest absolute Gasteiger partial charge is 0.388 e. The molecule has 7 aliphatic rings. The Morgan fingerprint density at radius 1 is 0.743 bits per heavy atom. The lowest BCUT2D eigenvalue weighted by molar-refractivity contribution is -0.574. The van der Waals surface area contributed by atoms with E-state index < -0.39 is 48.3 Å². The molecule has 6 aliphatic heterocycles. The highest BCUT2D eigenvalue weighted by atomic mass is 17.3. The highest BCUT2D eigenvalue weighted by Gasteiger charge is 2.69. The van der Waals surface area contributed by atoms with E-state index in [1.807, 2.05) is 6.92 Å². The van der Waals surface area contributed by atoms with Crippen LogP contribution in [0.25, 0.3) is 0 Å². The molecule has 10 heteroatoms. The topological polar surface area (TPSA) is 113 Å². The van der Waals surface area contributed by atoms with Crippen molar-refractivity contribution in [3.8, 4) is 0 Å². The molecule has 7 rings (SSSR count). The third-order valence-corrected chi connectivity index (χ3v) is 10.0. The van der Waals surface area contributed by atoms with Gasteiger partial charge in [-0.05, 0) is 44.9 Å². The number of fused-ring (bicyclic) bond motifs is 2. The van der Waals surface area contributed by atoms with E-state index in [2.05, 4.69) is 23.6 Å². The first-order valence-electron chi connectivity index (χ1n) is 13.5. The molecule has 13 atom stereocenters. The average molecular weight is 499 g/mol. The summed E-state index contributed by atoms with van der Waals surface area (Å²) < 4.78 is 19.2. The fourth-order valence-corrected chi connectivity index (χ4v) is 7.88. The Morgan fingerprint density at radius 3 is 2.14 bits per heavy atom. The summed E-state index contributed by atoms with van der Waals surface area (Å²) >= 11 is 0. The molecule has 3 N–H and O–H groups in total. The van der Waals surface area contributed by atoms with Crippen LogP contribution in [0.5, 0.6) is 0 Å². The molecule has 1 saturated carbocycles. The van der Waals surface area contributed by atoms with Crippen molar-refractivity contribution < 1.29 is 39.3 Å². The van der Waals surface area contributed by atoms with Crippen LogP contribution >= 0.6 is 0 Å². The van der Waals surface area contributed by atoms with Crippen LogP contribution in [0.4, 0.5) is 0 Å². The predicted octanol–water partition coefficient (Wildman–Crippen LogP) is 0.640. The summed E-state index contributed by atoms with van der Waals surface area (Å²) in [4.78, 5) is 16.6. The molecule has 2 bridgehead atoms. The van der Waals surface area contributed by atoms with Crippen molar-refractivity contribution in [2.45, 2.75) is 108 Å². The fourth-order valence-electron chi connectivity index (χ4n) is 7.88. The van der Waals surface area contributed by atoms with Crippen molar-refractivity contribution in [3.05, 3.63) is 0 Å². The first-order chi connectivity index (χ1) is 16.6. The predicted molar refractivity (Wildman–Crippen MR) is 122 cm³/mol. The number of hydrogen-bond acceptors (Lipinski definition) is 10. The molecule has 0 amide bonds. The molecule has 6 heterocycles. The van der Waals surface area contributed by atoms with E-state index in [9.17, 15) is 15.3 Å². The highest BCUT2D eigenvalue weighted by Crippen LogP contribution is 2.60. The number of nitrogens with zero attached hydrogens (tertiary/aromatic N) is 2. The standard InChI is InChI=1S/C25H42N2O8/c1-13-5-6-17-14(2)21(32-23-25(17)16(13)7-8-24(4,33-23)34-35-25)26-9-11-27(12-10-26)22-20(30)19(29)18(28)15(3)31-22/h13-23,28-30H,5-12H2,1-4H3/t13-,14-,15+,16+,17+,18+,19-,20-,21-,22-,23-,24+,25-/m1/s1. The molecular formula is C25H42N2O8. The number of rotatable bonds is 2. The van der Waals surface area contributed by atoms with Crippen molar-refractivity contribution in [1.29, 1.82) is 0 Å². The van der Waals surface area contributed by atoms with E-state index >= 15 is 0 Å². The van der Waals surface area contributed by atoms with Gasteiger partial charge < -0.3 is 29.5 Å². The molecule has 0 aromatic carbocycles. The second-order valence-electron chi connectivity index (χ2n) is 12.1. The average Bonchev–Trinajstić information content (AvgIpc) is 3.08. The second kappa shape index (κ2) is 8.83. The molecule has 0 aromatic heterocycles. The van der Waals surface area contributed by atoms with E-state index in [0.717, 1.165) is 32.4 Å². The summed E-state index contributed by atoms with van der Waals surface area (Å²) in [6.45, 7) is 11.1. The van der Waals surface area contributed by atoms with E-state index in [1.54, 1.807) is 6.92 Å². The van der Waals surface area contributed by atoms with Gasteiger partial charge in [0, 0.05) is 44.4 Å². The highest BCUT2D eigenvalue weighted by molar-refractivity contribution is 5.10. The van der Waals surface area contributed by atoms with E-state index in [4.69, 9.17) is 24.0 Å². The van der Waals surface area contributed by atoms with Crippen LogP contribution in [0.2, 0.25) is 0 Å². The zero-order valence-electron chi connectivity index (χ0n) is 21.3. The fraction of sp³-hybridized carbons (Fsp3) is 1.00. The van der Waals surface area contributed by atoms with Crippen molar-refractivity contribution >= 4 is 0 Å². The summed E-state index contributed by atoms with van der Waals surface area (Å²) in [5, 5.41) is 30.8. The first kappa shape index (κ1) is 24.9. The third-order valence-electron chi connectivity index (χ3n) is 10.0. The lowest BCUT2D eigenvalue weighted by Crippen LogP contribution is -2.72. The van der Waals surface area contributed by atoms with Crippen LogP contribution in [0.15, 0.2) is 0 Å². The van der Waals surface area contributed by atoms with Gasteiger partial charge in [0.05, 0.1) is 6.10 Å². The van der Waals surface area contributed by atoms with E-state index in [1.165, 1.54) is 6.42 Å². The Hall–Kier alpha value is -0.400. The first-order valence-corrected chi connectivity index (χ1v) is 13.5. The SMILES string of the molecule is C[C@H]1[C@H](N2CCN([C@@H]3O[C@@H](C)[C@H](O)[C@@H](O)[C@H]3O)CC2)O[C@@H]2O[C@]3(C)CC[C@H]4[C@H](C)CC[C@@H]1[C@@]24OO3. The molecule has 6 saturated heterocycles. The molecule has 200 valence electrons. The molecule has 1 aliphatic carbocycles. The lowest BCUT2D eigenvalue weighted by atomic mass is 9.58. The Morgan fingerprint density at radius 2 is 1.43 bits per heavy atom. The minimum Gasteiger partial charge on any atom is -0.388 e. The molecule has 0 aromatic rings. The summed E-state index contributed by atoms with van der Waals surface area (Å²) in [5.74, 6) is 0.642. The van der Waals surface area contributed by atoms with Crippen LogP contribution in [-0.2, 0) is 24.0 Å². The Bertz CT molecular complexity index is 797. The molecule has 0 unspecified atom stereocenters. The third kappa shape index (κ3) is 3.75. The normalized spacial score (nSPS) is 57.5. The molecule has 10 nitrogen and oxygen atoms in total. The van der Waals surface area contributed by atoms with Crippen molar-refractivity contribution in [3.63, 3.8) is 0 Å². The van der Waals surface area contributed by atoms with Crippen LogP contribution < -0.4 is 0 Å². The van der Waals surface area contributed by atoms with Gasteiger partial charge in [-0.3, -0.25) is 9.80 Å². The molecular weight excluding hydrogens is 456 g/mol. The Kier molecular flexibility index (Phi) is 6.28. The van der Waals surface area contributed by atoms with Crippen molar-refractivity contribution in [1.82, 2.24) is 9.80 Å². The monoisotopic (exact) mass is 498 g/mol. The Balaban J connectivity index is 1.18. The summed E-state index contributed by atoms with van der Waals surface area (Å²) in [6.07, 6.45) is -1.10. The van der Waals surface area contributed by atoms with E-state index in [0.29, 0.717) is 24.9 Å². The number of aliphatic hydroxyl groups is 3. The zero-order chi connectivity index (χ0) is 24.7. The van der Waals surface area contributed by atoms with Crippen LogP contribution in [0, 0.1) is 23.7 Å². The van der Waals surface area contributed by atoms with Gasteiger partial charge in [0.2, 0.25) is 5.79 Å². The van der Waals surface area contributed by atoms with Crippen molar-refractivity contribution in [2.75, 3.05) is 26.2 Å². The minimum atomic E-state index is -1.22. The van der Waals surface area contributed by atoms with Gasteiger partial charge in [-0.15, -0.1) is 0 Å². The van der Waals surface area contributed by atoms with Gasteiger partial charge >= 0.3 is 0 Å². The minimum absolute atomic E-state index is 0.0954. The maximum atomic E-state index is 10.5. The molecule has 7 fully saturated rings. The molecule has 0 radical (unpaired) electrons. The Labute approximate surface area is 207 Å². The quantitative estimate of drug-likeness (QED) is 0.469. The van der Waals surface area contributed by atoms with Crippen LogP contribution in [0.1, 0.15) is 53.4 Å². The van der Waals surface area contributed by atoms with Gasteiger partial charge in [0.25, 0.3) is 0 Å². The van der Waals surface area contributed by atoms with Gasteiger partial charge in [0.1, 0.15) is 30.8 Å². The maximum Gasteiger partial charge on any atom is 0.201 e. The van der Waals surface area contributed by atoms with Crippen LogP contribution in [0.3, 0.4) is 0 Å². The summed E-state index contributed by atoms with van der Waals surface area (Å²) in [5.41, 5.74) is -0.557. The lowest BCUT2D eigenvalue weighted by Gasteiger charge is -2.61. The van der Waals surface area contributed by atoms with Gasteiger partial charge in [0.15, 0.2) is 11.9 Å². The zero-order valence-corrected chi connectivity index (χ0v) is 21.3. The maximum absolute atomic E-state index is 10.5.